The van der Waals surface area contributed by atoms with Gasteiger partial charge in [0.2, 0.25) is 17.9 Å². The highest BCUT2D eigenvalue weighted by Gasteiger charge is 2.48. The highest BCUT2D eigenvalue weighted by atomic mass is 19.1. The van der Waals surface area contributed by atoms with Gasteiger partial charge in [-0.1, -0.05) is 6.07 Å². The summed E-state index contributed by atoms with van der Waals surface area (Å²) >= 11 is 0. The van der Waals surface area contributed by atoms with Crippen molar-refractivity contribution in [2.45, 2.75) is 37.5 Å². The molecule has 0 radical (unpaired) electrons. The van der Waals surface area contributed by atoms with Gasteiger partial charge in [0.05, 0.1) is 6.26 Å². The van der Waals surface area contributed by atoms with E-state index < -0.39 is 17.3 Å². The van der Waals surface area contributed by atoms with E-state index in [1.54, 1.807) is 12.3 Å². The van der Waals surface area contributed by atoms with E-state index in [2.05, 4.69) is 20.3 Å². The van der Waals surface area contributed by atoms with Crippen molar-refractivity contribution >= 4 is 17.9 Å². The average Bonchev–Trinajstić information content (AvgIpc) is 3.45. The van der Waals surface area contributed by atoms with Gasteiger partial charge in [0.25, 0.3) is 0 Å². The lowest BCUT2D eigenvalue weighted by atomic mass is 9.96. The Bertz CT molecular complexity index is 1080. The van der Waals surface area contributed by atoms with Crippen molar-refractivity contribution in [2.24, 2.45) is 26.4 Å². The number of rotatable bonds is 5. The van der Waals surface area contributed by atoms with Crippen LogP contribution in [0.4, 0.5) is 8.78 Å². The molecular weight excluding hydrogens is 406 g/mol. The molecule has 162 valence electrons. The molecule has 1 saturated heterocycles. The molecule has 11 heteroatoms. The van der Waals surface area contributed by atoms with Crippen LogP contribution < -0.4 is 16.9 Å². The quantitative estimate of drug-likeness (QED) is 0.665. The second-order valence-corrected chi connectivity index (χ2v) is 7.84. The molecule has 0 spiro atoms. The summed E-state index contributed by atoms with van der Waals surface area (Å²) in [5.74, 6) is -0.0734. The van der Waals surface area contributed by atoms with Crippen LogP contribution in [0.25, 0.3) is 0 Å². The smallest absolute Gasteiger partial charge is 0.248 e. The van der Waals surface area contributed by atoms with Gasteiger partial charge in [-0.3, -0.25) is 4.90 Å². The number of nitrogens with zero attached hydrogens (tertiary/aromatic N) is 5. The lowest BCUT2D eigenvalue weighted by Crippen LogP contribution is -2.55. The fourth-order valence-electron chi connectivity index (χ4n) is 4.37. The Morgan fingerprint density at radius 2 is 2.10 bits per heavy atom. The van der Waals surface area contributed by atoms with E-state index in [1.807, 2.05) is 6.07 Å². The molecule has 1 aromatic heterocycles. The minimum Gasteiger partial charge on any atom is -0.465 e. The number of benzene rings is 1. The Morgan fingerprint density at radius 1 is 1.23 bits per heavy atom. The van der Waals surface area contributed by atoms with Crippen LogP contribution in [0.1, 0.15) is 30.6 Å². The van der Waals surface area contributed by atoms with E-state index in [-0.39, 0.29) is 18.0 Å². The Kier molecular flexibility index (Phi) is 4.71. The minimum atomic E-state index is -0.971. The third-order valence-corrected chi connectivity index (χ3v) is 5.81. The topological polar surface area (TPSA) is 121 Å². The Morgan fingerprint density at radius 3 is 2.87 bits per heavy atom. The summed E-state index contributed by atoms with van der Waals surface area (Å²) in [6.07, 6.45) is 3.95. The van der Waals surface area contributed by atoms with Gasteiger partial charge >= 0.3 is 0 Å². The van der Waals surface area contributed by atoms with Crippen LogP contribution in [0, 0.1) is 11.6 Å². The number of halogens is 2. The van der Waals surface area contributed by atoms with Gasteiger partial charge in [-0.2, -0.15) is 15.4 Å². The second kappa shape index (κ2) is 7.43. The zero-order chi connectivity index (χ0) is 21.6. The lowest BCUT2D eigenvalue weighted by molar-refractivity contribution is 0.146. The zero-order valence-corrected chi connectivity index (χ0v) is 16.6. The molecule has 1 fully saturated rings. The molecule has 3 aliphatic rings. The summed E-state index contributed by atoms with van der Waals surface area (Å²) in [7, 11) is 0. The van der Waals surface area contributed by atoms with E-state index in [0.29, 0.717) is 30.2 Å². The summed E-state index contributed by atoms with van der Waals surface area (Å²) in [5, 5.41) is 1.48. The van der Waals surface area contributed by atoms with Crippen LogP contribution in [0.5, 0.6) is 0 Å². The number of nitrogens with two attached hydrogens (primary N) is 2. The van der Waals surface area contributed by atoms with E-state index in [9.17, 15) is 8.78 Å². The minimum absolute atomic E-state index is 0.0267. The Labute approximate surface area is 177 Å². The summed E-state index contributed by atoms with van der Waals surface area (Å²) in [4.78, 5) is 15.1. The Balaban J connectivity index is 1.43. The van der Waals surface area contributed by atoms with E-state index in [0.717, 1.165) is 25.5 Å². The van der Waals surface area contributed by atoms with Crippen molar-refractivity contribution < 1.29 is 13.2 Å². The van der Waals surface area contributed by atoms with Crippen LogP contribution in [-0.2, 0) is 12.2 Å². The van der Waals surface area contributed by atoms with Gasteiger partial charge in [0.15, 0.2) is 5.66 Å². The normalized spacial score (nSPS) is 25.9. The molecule has 0 saturated carbocycles. The fourth-order valence-corrected chi connectivity index (χ4v) is 4.37. The number of aliphatic imine (C=N–C) groups is 3. The molecule has 2 unspecified atom stereocenters. The first-order valence-electron chi connectivity index (χ1n) is 10.0. The highest BCUT2D eigenvalue weighted by molar-refractivity contribution is 6.11. The molecular formula is C20H22F2N8O. The van der Waals surface area contributed by atoms with Gasteiger partial charge in [0.1, 0.15) is 17.4 Å². The van der Waals surface area contributed by atoms with E-state index >= 15 is 0 Å². The SMILES string of the molecule is NC1=NC2=NC(CC3CCCN3Cc3ccc(F)cc3F)(c3ccco3)NN2C(N)=N1. The zero-order valence-electron chi connectivity index (χ0n) is 16.6. The van der Waals surface area contributed by atoms with Gasteiger partial charge in [0, 0.05) is 30.6 Å². The molecule has 0 bridgehead atoms. The maximum Gasteiger partial charge on any atom is 0.248 e. The van der Waals surface area contributed by atoms with E-state index in [1.165, 1.54) is 17.1 Å². The number of hydrogen-bond acceptors (Lipinski definition) is 9. The molecule has 3 aliphatic heterocycles. The van der Waals surface area contributed by atoms with Gasteiger partial charge in [-0.05, 0) is 37.6 Å². The first-order valence-corrected chi connectivity index (χ1v) is 10.0. The first-order chi connectivity index (χ1) is 14.9. The molecule has 5 N–H and O–H groups in total. The summed E-state index contributed by atoms with van der Waals surface area (Å²) in [5.41, 5.74) is 14.5. The molecule has 31 heavy (non-hydrogen) atoms. The van der Waals surface area contributed by atoms with Gasteiger partial charge in [-0.25, -0.2) is 18.8 Å². The number of likely N-dealkylation sites (tertiary alicyclic amines) is 1. The lowest BCUT2D eigenvalue weighted by Gasteiger charge is -2.33. The van der Waals surface area contributed by atoms with Crippen LogP contribution in [0.2, 0.25) is 0 Å². The second-order valence-electron chi connectivity index (χ2n) is 7.84. The maximum absolute atomic E-state index is 14.2. The van der Waals surface area contributed by atoms with Crippen LogP contribution >= 0.6 is 0 Å². The van der Waals surface area contributed by atoms with Gasteiger partial charge in [-0.15, -0.1) is 0 Å². The fraction of sp³-hybridized carbons (Fsp3) is 0.350. The summed E-state index contributed by atoms with van der Waals surface area (Å²) < 4.78 is 33.2. The van der Waals surface area contributed by atoms with Crippen LogP contribution in [0.3, 0.4) is 0 Å². The molecule has 2 atom stereocenters. The predicted molar refractivity (Wildman–Crippen MR) is 110 cm³/mol. The third kappa shape index (κ3) is 3.55. The standard InChI is InChI=1S/C20H22F2N8O/c21-13-6-5-12(15(22)9-13)11-29-7-1-3-14(29)10-20(16-4-2-8-31-16)27-19-26-17(23)25-18(24)30(19)28-20/h2,4-6,8-9,14,28H,1,3,7,10-11H2,(H4,23,24,25,26,27). The molecule has 1 aromatic carbocycles. The number of guanidine groups is 3. The number of hydrogen-bond donors (Lipinski definition) is 3. The van der Waals surface area contributed by atoms with Crippen molar-refractivity contribution in [3.05, 3.63) is 59.6 Å². The summed E-state index contributed by atoms with van der Waals surface area (Å²) in [6, 6.07) is 7.36. The largest absolute Gasteiger partial charge is 0.465 e. The van der Waals surface area contributed by atoms with Crippen LogP contribution in [-0.4, -0.2) is 40.4 Å². The maximum atomic E-state index is 14.2. The Hall–Kier alpha value is -3.31. The number of fused-ring (bicyclic) bond motifs is 1. The molecule has 0 aliphatic carbocycles. The van der Waals surface area contributed by atoms with Gasteiger partial charge < -0.3 is 15.9 Å². The highest BCUT2D eigenvalue weighted by Crippen LogP contribution is 2.38. The molecule has 9 nitrogen and oxygen atoms in total. The first kappa shape index (κ1) is 19.6. The predicted octanol–water partition coefficient (Wildman–Crippen LogP) is 1.58. The average molecular weight is 428 g/mol. The molecule has 4 heterocycles. The molecule has 2 aromatic rings. The number of hydrazine groups is 1. The van der Waals surface area contributed by atoms with Crippen molar-refractivity contribution in [3.8, 4) is 0 Å². The van der Waals surface area contributed by atoms with E-state index in [4.69, 9.17) is 20.9 Å². The molecule has 0 amide bonds. The monoisotopic (exact) mass is 428 g/mol. The molecule has 5 rings (SSSR count). The van der Waals surface area contributed by atoms with Crippen molar-refractivity contribution in [1.29, 1.82) is 0 Å². The summed E-state index contributed by atoms with van der Waals surface area (Å²) in [6.45, 7) is 1.17. The van der Waals surface area contributed by atoms with Crippen molar-refractivity contribution in [1.82, 2.24) is 15.3 Å². The van der Waals surface area contributed by atoms with Crippen molar-refractivity contribution in [2.75, 3.05) is 6.54 Å². The number of furan rings is 1. The van der Waals surface area contributed by atoms with Crippen molar-refractivity contribution in [3.63, 3.8) is 0 Å². The number of nitrogens with one attached hydrogen (secondary N) is 1. The third-order valence-electron chi connectivity index (χ3n) is 5.81. The van der Waals surface area contributed by atoms with Crippen LogP contribution in [0.15, 0.2) is 56.0 Å².